The number of allylic oxidation sites excluding steroid dienone is 1. The van der Waals surface area contributed by atoms with Crippen molar-refractivity contribution < 1.29 is 14.7 Å². The van der Waals surface area contributed by atoms with Gasteiger partial charge in [-0.3, -0.25) is 4.79 Å². The van der Waals surface area contributed by atoms with Gasteiger partial charge in [0, 0.05) is 12.7 Å². The molecule has 0 radical (unpaired) electrons. The van der Waals surface area contributed by atoms with Gasteiger partial charge < -0.3 is 15.3 Å². The molecule has 0 aromatic heterocycles. The molecule has 0 aliphatic carbocycles. The number of carbonyl (C=O) groups excluding carboxylic acids is 1. The lowest BCUT2D eigenvalue weighted by Gasteiger charge is -2.15. The molecule has 124 valence electrons. The Balaban J connectivity index is 3.31. The van der Waals surface area contributed by atoms with E-state index in [0.717, 1.165) is 17.4 Å². The van der Waals surface area contributed by atoms with Gasteiger partial charge in [0.25, 0.3) is 0 Å². The van der Waals surface area contributed by atoms with E-state index in [-0.39, 0.29) is 5.57 Å². The van der Waals surface area contributed by atoms with Gasteiger partial charge in [0.2, 0.25) is 6.41 Å². The molecule has 2 N–H and O–H groups in total. The number of benzene rings is 1. The first-order chi connectivity index (χ1) is 10.9. The maximum atomic E-state index is 11.8. The number of nitrogens with zero attached hydrogens (tertiary/aromatic N) is 1. The molecule has 0 saturated carbocycles. The van der Waals surface area contributed by atoms with E-state index in [9.17, 15) is 14.7 Å². The minimum absolute atomic E-state index is 0.243. The number of amides is 1. The van der Waals surface area contributed by atoms with Crippen LogP contribution in [0, 0.1) is 0 Å². The Hall–Kier alpha value is -1.97. The zero-order valence-electron chi connectivity index (χ0n) is 13.7. The summed E-state index contributed by atoms with van der Waals surface area (Å²) in [5.74, 6) is -0.985. The highest BCUT2D eigenvalue weighted by atomic mass is 31.0. The standard InChI is InChI=1S/C17H23N2O3P/c1-12(14(10-18-11-20)8-9-19(2)3)16(17(21)22)13-4-6-15(23)7-5-13/h4-7,10-11H,8-9,23H2,1-3H3,(H,18,20)(H,21,22)/b14-10-,16-12+. The van der Waals surface area contributed by atoms with E-state index >= 15 is 0 Å². The quantitative estimate of drug-likeness (QED) is 0.328. The fourth-order valence-electron chi connectivity index (χ4n) is 2.16. The fraction of sp³-hybridized carbons (Fsp3) is 0.294. The molecule has 0 aliphatic rings. The zero-order chi connectivity index (χ0) is 17.4. The van der Waals surface area contributed by atoms with Crippen LogP contribution >= 0.6 is 9.24 Å². The zero-order valence-corrected chi connectivity index (χ0v) is 14.8. The van der Waals surface area contributed by atoms with Crippen LogP contribution in [0.4, 0.5) is 0 Å². The van der Waals surface area contributed by atoms with Crippen molar-refractivity contribution in [1.29, 1.82) is 0 Å². The lowest BCUT2D eigenvalue weighted by Crippen LogP contribution is -2.16. The van der Waals surface area contributed by atoms with E-state index in [2.05, 4.69) is 14.6 Å². The molecule has 0 heterocycles. The second-order valence-corrected chi connectivity index (χ2v) is 6.10. The largest absolute Gasteiger partial charge is 0.478 e. The third-order valence-corrected chi connectivity index (χ3v) is 3.81. The summed E-state index contributed by atoms with van der Waals surface area (Å²) in [6, 6.07) is 7.27. The summed E-state index contributed by atoms with van der Waals surface area (Å²) in [5, 5.41) is 13.1. The second kappa shape index (κ2) is 9.23. The lowest BCUT2D eigenvalue weighted by molar-refractivity contribution is -0.130. The number of aliphatic carboxylic acids is 1. The van der Waals surface area contributed by atoms with Crippen molar-refractivity contribution in [3.63, 3.8) is 0 Å². The smallest absolute Gasteiger partial charge is 0.336 e. The van der Waals surface area contributed by atoms with Crippen LogP contribution in [0.3, 0.4) is 0 Å². The minimum atomic E-state index is -0.985. The Morgan fingerprint density at radius 3 is 2.39 bits per heavy atom. The van der Waals surface area contributed by atoms with E-state index in [4.69, 9.17) is 0 Å². The number of carboxylic acid groups (broad SMARTS) is 1. The predicted octanol–water partition coefficient (Wildman–Crippen LogP) is 1.63. The molecule has 1 rings (SSSR count). The van der Waals surface area contributed by atoms with Gasteiger partial charge in [-0.25, -0.2) is 4.79 Å². The SMILES string of the molecule is CC(/C(=C\NC=O)CCN(C)C)=C(\C(=O)O)c1ccc(P)cc1. The number of nitrogens with one attached hydrogen (secondary N) is 1. The Labute approximate surface area is 139 Å². The number of hydrogen-bond acceptors (Lipinski definition) is 3. The molecule has 1 amide bonds. The average Bonchev–Trinajstić information content (AvgIpc) is 2.49. The first-order valence-corrected chi connectivity index (χ1v) is 7.78. The Morgan fingerprint density at radius 1 is 1.30 bits per heavy atom. The minimum Gasteiger partial charge on any atom is -0.478 e. The van der Waals surface area contributed by atoms with Crippen LogP contribution in [0.5, 0.6) is 0 Å². The summed E-state index contributed by atoms with van der Waals surface area (Å²) < 4.78 is 0. The van der Waals surface area contributed by atoms with Crippen molar-refractivity contribution in [3.8, 4) is 0 Å². The molecule has 6 heteroatoms. The maximum Gasteiger partial charge on any atom is 0.336 e. The van der Waals surface area contributed by atoms with Gasteiger partial charge in [-0.05, 0) is 49.5 Å². The highest BCUT2D eigenvalue weighted by Gasteiger charge is 2.16. The fourth-order valence-corrected chi connectivity index (χ4v) is 2.35. The summed E-state index contributed by atoms with van der Waals surface area (Å²) in [6.45, 7) is 2.52. The van der Waals surface area contributed by atoms with Gasteiger partial charge in [-0.1, -0.05) is 24.3 Å². The van der Waals surface area contributed by atoms with Crippen LogP contribution in [0.1, 0.15) is 18.9 Å². The third-order valence-electron chi connectivity index (χ3n) is 3.42. The molecule has 1 aromatic carbocycles. The van der Waals surface area contributed by atoms with Crippen LogP contribution < -0.4 is 10.6 Å². The summed E-state index contributed by atoms with van der Waals surface area (Å²) in [7, 11) is 6.46. The van der Waals surface area contributed by atoms with Gasteiger partial charge in [0.15, 0.2) is 0 Å². The predicted molar refractivity (Wildman–Crippen MR) is 96.5 cm³/mol. The molecule has 1 unspecified atom stereocenters. The number of carboxylic acids is 1. The summed E-state index contributed by atoms with van der Waals surface area (Å²) >= 11 is 0. The van der Waals surface area contributed by atoms with Crippen molar-refractivity contribution in [2.24, 2.45) is 0 Å². The highest BCUT2D eigenvalue weighted by molar-refractivity contribution is 7.27. The average molecular weight is 334 g/mol. The first kappa shape index (κ1) is 19.1. The van der Waals surface area contributed by atoms with Gasteiger partial charge in [-0.2, -0.15) is 0 Å². The van der Waals surface area contributed by atoms with Crippen LogP contribution in [0.2, 0.25) is 0 Å². The van der Waals surface area contributed by atoms with Crippen molar-refractivity contribution in [1.82, 2.24) is 10.2 Å². The van der Waals surface area contributed by atoms with Gasteiger partial charge in [0.05, 0.1) is 5.57 Å². The molecule has 0 aliphatic heterocycles. The van der Waals surface area contributed by atoms with Crippen LogP contribution in [0.25, 0.3) is 5.57 Å². The van der Waals surface area contributed by atoms with Crippen molar-refractivity contribution in [2.45, 2.75) is 13.3 Å². The van der Waals surface area contributed by atoms with Crippen molar-refractivity contribution in [2.75, 3.05) is 20.6 Å². The Morgan fingerprint density at radius 2 is 1.91 bits per heavy atom. The van der Waals surface area contributed by atoms with Crippen molar-refractivity contribution in [3.05, 3.63) is 47.2 Å². The van der Waals surface area contributed by atoms with E-state index < -0.39 is 5.97 Å². The molecule has 1 aromatic rings. The normalized spacial score (nSPS) is 12.8. The molecule has 0 spiro atoms. The number of carbonyl (C=O) groups is 2. The first-order valence-electron chi connectivity index (χ1n) is 7.20. The summed E-state index contributed by atoms with van der Waals surface area (Å²) in [6.07, 6.45) is 2.78. The topological polar surface area (TPSA) is 69.6 Å². The Kier molecular flexibility index (Phi) is 7.66. The Bertz CT molecular complexity index is 619. The maximum absolute atomic E-state index is 11.8. The molecule has 23 heavy (non-hydrogen) atoms. The number of hydrogen-bond donors (Lipinski definition) is 2. The van der Waals surface area contributed by atoms with Crippen LogP contribution in [0.15, 0.2) is 41.6 Å². The molecule has 0 saturated heterocycles. The van der Waals surface area contributed by atoms with E-state index in [1.54, 1.807) is 25.3 Å². The highest BCUT2D eigenvalue weighted by Crippen LogP contribution is 2.25. The molecule has 0 bridgehead atoms. The lowest BCUT2D eigenvalue weighted by atomic mass is 9.94. The van der Waals surface area contributed by atoms with E-state index in [1.165, 1.54) is 0 Å². The third kappa shape index (κ3) is 5.97. The van der Waals surface area contributed by atoms with Crippen LogP contribution in [-0.4, -0.2) is 43.0 Å². The molecule has 0 fully saturated rings. The van der Waals surface area contributed by atoms with Gasteiger partial charge >= 0.3 is 5.97 Å². The van der Waals surface area contributed by atoms with Crippen molar-refractivity contribution >= 4 is 32.5 Å². The monoisotopic (exact) mass is 334 g/mol. The van der Waals surface area contributed by atoms with E-state index in [1.807, 2.05) is 31.1 Å². The van der Waals surface area contributed by atoms with Crippen LogP contribution in [-0.2, 0) is 9.59 Å². The van der Waals surface area contributed by atoms with Gasteiger partial charge in [0.1, 0.15) is 0 Å². The molecule has 5 nitrogen and oxygen atoms in total. The number of rotatable bonds is 8. The van der Waals surface area contributed by atoms with E-state index in [0.29, 0.717) is 24.0 Å². The molecular formula is C17H23N2O3P. The second-order valence-electron chi connectivity index (χ2n) is 5.43. The summed E-state index contributed by atoms with van der Waals surface area (Å²) in [5.41, 5.74) is 2.32. The molecular weight excluding hydrogens is 311 g/mol. The van der Waals surface area contributed by atoms with Gasteiger partial charge in [-0.15, -0.1) is 9.24 Å². The summed E-state index contributed by atoms with van der Waals surface area (Å²) in [4.78, 5) is 24.3. The molecule has 1 atom stereocenters.